The summed E-state index contributed by atoms with van der Waals surface area (Å²) >= 11 is 7.20. The van der Waals surface area contributed by atoms with Gasteiger partial charge in [-0.25, -0.2) is 9.97 Å². The molecule has 0 bridgehead atoms. The third-order valence-electron chi connectivity index (χ3n) is 14.3. The van der Waals surface area contributed by atoms with Crippen molar-refractivity contribution in [3.8, 4) is 28.4 Å². The number of nitriles is 1. The van der Waals surface area contributed by atoms with E-state index in [4.69, 9.17) is 16.7 Å². The lowest BCUT2D eigenvalue weighted by atomic mass is 9.91. The predicted octanol–water partition coefficient (Wildman–Crippen LogP) is 8.31. The number of hydrogen-bond acceptors (Lipinski definition) is 13. The Morgan fingerprint density at radius 2 is 1.62 bits per heavy atom. The van der Waals surface area contributed by atoms with Crippen molar-refractivity contribution in [2.45, 2.75) is 90.2 Å². The number of carbonyl (C=O) groups excluding carboxylic acids is 4. The lowest BCUT2D eigenvalue weighted by Gasteiger charge is -2.36. The van der Waals surface area contributed by atoms with Gasteiger partial charge in [0.25, 0.3) is 5.91 Å². The predicted molar refractivity (Wildman–Crippen MR) is 291 cm³/mol. The smallest absolute Gasteiger partial charge is 0.391 e. The van der Waals surface area contributed by atoms with Crippen molar-refractivity contribution in [1.29, 1.82) is 5.26 Å². The summed E-state index contributed by atoms with van der Waals surface area (Å²) in [6.45, 7) is 12.5. The summed E-state index contributed by atoms with van der Waals surface area (Å²) in [4.78, 5) is 74.4. The molecule has 9 rings (SSSR count). The molecule has 21 heteroatoms. The lowest BCUT2D eigenvalue weighted by molar-refractivity contribution is -0.141. The highest BCUT2D eigenvalue weighted by Gasteiger charge is 2.51. The summed E-state index contributed by atoms with van der Waals surface area (Å²) in [5.74, 6) is 4.91. The molecule has 3 aliphatic heterocycles. The molecule has 3 saturated heterocycles. The number of β-amino-alcohol motifs (C(OH)–C–C–N with tert-alkyl or cyclic N) is 1. The number of likely N-dealkylation sites (tertiary alicyclic amines) is 1. The minimum absolute atomic E-state index is 0.0169. The molecule has 0 radical (unpaired) electrons. The zero-order chi connectivity index (χ0) is 55.8. The van der Waals surface area contributed by atoms with E-state index >= 15 is 0 Å². The first kappa shape index (κ1) is 54.8. The number of halogens is 3. The summed E-state index contributed by atoms with van der Waals surface area (Å²) in [6, 6.07) is 22.9. The molecule has 4 atom stereocenters. The van der Waals surface area contributed by atoms with Crippen LogP contribution in [0.5, 0.6) is 0 Å². The van der Waals surface area contributed by atoms with Crippen LogP contribution in [0.4, 0.5) is 30.4 Å². The number of benzene rings is 3. The van der Waals surface area contributed by atoms with E-state index in [1.165, 1.54) is 22.3 Å². The van der Waals surface area contributed by atoms with Gasteiger partial charge in [-0.05, 0) is 112 Å². The molecule has 3 fully saturated rings. The molecule has 0 spiro atoms. The summed E-state index contributed by atoms with van der Waals surface area (Å²) < 4.78 is 47.0. The average molecular weight is 1100 g/mol. The molecule has 402 valence electrons. The summed E-state index contributed by atoms with van der Waals surface area (Å²) in [6.07, 6.45) is -4.09. The number of nitrogens with one attached hydrogen (secondary N) is 1. The van der Waals surface area contributed by atoms with Crippen LogP contribution in [0, 0.1) is 42.9 Å². The van der Waals surface area contributed by atoms with Gasteiger partial charge in [0.1, 0.15) is 29.1 Å². The normalized spacial score (nSPS) is 18.2. The molecule has 3 aromatic heterocycles. The largest absolute Gasteiger partial charge is 0.417 e. The van der Waals surface area contributed by atoms with Gasteiger partial charge in [-0.3, -0.25) is 24.1 Å². The number of piperazine rings is 1. The van der Waals surface area contributed by atoms with Gasteiger partial charge < -0.3 is 34.5 Å². The highest BCUT2D eigenvalue weighted by molar-refractivity contribution is 7.81. The Balaban J connectivity index is 0.837. The second-order valence-electron chi connectivity index (χ2n) is 20.4. The van der Waals surface area contributed by atoms with Gasteiger partial charge >= 0.3 is 6.18 Å². The maximum Gasteiger partial charge on any atom is 0.417 e. The number of thiazole rings is 1. The van der Waals surface area contributed by atoms with E-state index in [0.29, 0.717) is 65.8 Å². The maximum atomic E-state index is 14.3. The molecule has 6 aromatic rings. The SMILES string of the molecule is Cc1cc([C@H](C(=O)N2C[C@H](O)C[C@H]2C(=O)N[C@@H](CC(=O)N2CCN(c3ccc(C#Cc4ccc(N5C(=S)N(c6ccc(C#N)c(C(F)(F)F)c6)C(=O)C5(C)C)cc4)cn3)CC2)c2ccc(-c3scnc3C)cc2)C(C)C)on1. The van der Waals surface area contributed by atoms with Gasteiger partial charge in [-0.1, -0.05) is 55.1 Å². The Morgan fingerprint density at radius 3 is 2.22 bits per heavy atom. The van der Waals surface area contributed by atoms with Crippen LogP contribution in [0.2, 0.25) is 0 Å². The number of alkyl halides is 3. The molecule has 0 aliphatic carbocycles. The van der Waals surface area contributed by atoms with Gasteiger partial charge in [0.15, 0.2) is 5.11 Å². The lowest BCUT2D eigenvalue weighted by Crippen LogP contribution is -2.51. The number of aliphatic hydroxyl groups excluding tert-OH is 1. The minimum atomic E-state index is -4.82. The number of carbonyl (C=O) groups is 4. The molecule has 0 unspecified atom stereocenters. The van der Waals surface area contributed by atoms with E-state index in [0.717, 1.165) is 33.2 Å². The summed E-state index contributed by atoms with van der Waals surface area (Å²) in [7, 11) is 0. The van der Waals surface area contributed by atoms with Crippen molar-refractivity contribution in [3.63, 3.8) is 0 Å². The number of hydrogen-bond donors (Lipinski definition) is 2. The highest BCUT2D eigenvalue weighted by Crippen LogP contribution is 2.40. The second kappa shape index (κ2) is 22.2. The molecule has 16 nitrogen and oxygen atoms in total. The Bertz CT molecular complexity index is 3370. The fourth-order valence-electron chi connectivity index (χ4n) is 10.1. The minimum Gasteiger partial charge on any atom is -0.391 e. The van der Waals surface area contributed by atoms with Crippen molar-refractivity contribution in [2.75, 3.05) is 47.4 Å². The molecule has 6 heterocycles. The van der Waals surface area contributed by atoms with E-state index in [9.17, 15) is 42.7 Å². The zero-order valence-electron chi connectivity index (χ0n) is 43.5. The molecular weight excluding hydrogens is 1040 g/mol. The van der Waals surface area contributed by atoms with Crippen molar-refractivity contribution in [1.82, 2.24) is 30.2 Å². The van der Waals surface area contributed by atoms with Crippen LogP contribution in [0.3, 0.4) is 0 Å². The monoisotopic (exact) mass is 1100 g/mol. The number of rotatable bonds is 12. The zero-order valence-corrected chi connectivity index (χ0v) is 45.2. The Labute approximate surface area is 458 Å². The number of thiocarbonyl (C=S) groups is 1. The van der Waals surface area contributed by atoms with E-state index in [1.807, 2.05) is 57.2 Å². The molecule has 4 amide bonds. The third kappa shape index (κ3) is 11.2. The number of amides is 4. The first-order valence-corrected chi connectivity index (χ1v) is 26.5. The van der Waals surface area contributed by atoms with Crippen LogP contribution in [0.25, 0.3) is 10.4 Å². The van der Waals surface area contributed by atoms with Crippen molar-refractivity contribution in [2.24, 2.45) is 5.92 Å². The third-order valence-corrected chi connectivity index (χ3v) is 15.6. The molecule has 3 aromatic carbocycles. The van der Waals surface area contributed by atoms with Crippen LogP contribution in [-0.2, 0) is 25.4 Å². The standard InChI is InChI=1S/C57H55F3N10O6S2/c1-33(2)50(47-25-34(3)65-76-47)53(74)68-31-43(71)27-46(68)52(73)64-45(38-12-14-39(15-13-38)51-35(4)63-32-78-51)28-49(72)67-23-21-66(22-24-67)48-20-11-37(30-62-48)8-7-36-9-17-41(18-10-36)70-55(77)69(54(75)56(70,5)6)42-19-16-40(29-61)44(26-42)57(58,59)60/h9-20,25-26,30,32-33,43,45-46,50,71H,21-24,27-28,31H2,1-6H3,(H,64,73)/t43-,45+,46+,50-/m1/s1. The Hall–Kier alpha value is -7.98. The first-order chi connectivity index (χ1) is 37.1. The Morgan fingerprint density at radius 1 is 0.936 bits per heavy atom. The van der Waals surface area contributed by atoms with Crippen molar-refractivity contribution < 1.29 is 42.0 Å². The molecule has 2 N–H and O–H groups in total. The summed E-state index contributed by atoms with van der Waals surface area (Å²) in [5, 5.41) is 27.2. The molecule has 78 heavy (non-hydrogen) atoms. The number of aliphatic hydroxyl groups is 1. The average Bonchev–Trinajstić information content (AvgIpc) is 4.40. The van der Waals surface area contributed by atoms with E-state index in [2.05, 4.69) is 37.2 Å². The number of nitrogens with zero attached hydrogens (tertiary/aromatic N) is 9. The van der Waals surface area contributed by atoms with Gasteiger partial charge in [0.2, 0.25) is 17.7 Å². The highest BCUT2D eigenvalue weighted by atomic mass is 32.1. The van der Waals surface area contributed by atoms with E-state index < -0.39 is 58.8 Å². The fraction of sp³-hybridized carbons (Fsp3) is 0.351. The number of aryl methyl sites for hydroxylation is 2. The molecular formula is C57H55F3N10O6S2. The van der Waals surface area contributed by atoms with E-state index in [-0.39, 0.29) is 47.9 Å². The second-order valence-corrected chi connectivity index (χ2v) is 21.6. The van der Waals surface area contributed by atoms with Gasteiger partial charge in [0, 0.05) is 68.2 Å². The van der Waals surface area contributed by atoms with Crippen molar-refractivity contribution in [3.05, 3.63) is 142 Å². The van der Waals surface area contributed by atoms with Gasteiger partial charge in [-0.2, -0.15) is 18.4 Å². The van der Waals surface area contributed by atoms with E-state index in [1.54, 1.807) is 78.7 Å². The van der Waals surface area contributed by atoms with Crippen LogP contribution >= 0.6 is 23.6 Å². The maximum absolute atomic E-state index is 14.3. The Kier molecular flexibility index (Phi) is 15.6. The van der Waals surface area contributed by atoms with Crippen LogP contribution in [0.15, 0.2) is 101 Å². The van der Waals surface area contributed by atoms with Gasteiger partial charge in [-0.15, -0.1) is 11.3 Å². The number of pyridine rings is 1. The topological polar surface area (TPSA) is 192 Å². The fourth-order valence-corrected chi connectivity index (χ4v) is 11.5. The molecule has 3 aliphatic rings. The van der Waals surface area contributed by atoms with Crippen molar-refractivity contribution >= 4 is 69.5 Å². The summed E-state index contributed by atoms with van der Waals surface area (Å²) in [5.41, 5.74) is 3.70. The van der Waals surface area contributed by atoms with Gasteiger partial charge in [0.05, 0.1) is 63.2 Å². The van der Waals surface area contributed by atoms with Crippen LogP contribution < -0.4 is 20.0 Å². The first-order valence-electron chi connectivity index (χ1n) is 25.3. The number of aromatic nitrogens is 3. The molecule has 0 saturated carbocycles. The van der Waals surface area contributed by atoms with Crippen LogP contribution in [0.1, 0.15) is 97.5 Å². The number of anilines is 3. The quantitative estimate of drug-likeness (QED) is 0.0879. The van der Waals surface area contributed by atoms with Crippen LogP contribution in [-0.4, -0.2) is 109 Å².